The van der Waals surface area contributed by atoms with E-state index in [1.165, 1.54) is 12.8 Å². The molecular weight excluding hydrogens is 172 g/mol. The maximum atomic E-state index is 10.1. The molecule has 3 aliphatic rings. The molecule has 1 heteroatoms. The molecule has 78 valence electrons. The lowest BCUT2D eigenvalue weighted by Gasteiger charge is -2.45. The average molecular weight is 192 g/mol. The number of aliphatic hydroxyl groups excluding tert-OH is 1. The van der Waals surface area contributed by atoms with Crippen LogP contribution >= 0.6 is 0 Å². The Bertz CT molecular complexity index is 244. The van der Waals surface area contributed by atoms with Crippen LogP contribution in [0, 0.1) is 23.7 Å². The summed E-state index contributed by atoms with van der Waals surface area (Å²) in [6.45, 7) is 5.99. The summed E-state index contributed by atoms with van der Waals surface area (Å²) in [7, 11) is 0. The van der Waals surface area contributed by atoms with Crippen LogP contribution in [-0.2, 0) is 0 Å². The van der Waals surface area contributed by atoms with Crippen molar-refractivity contribution in [2.24, 2.45) is 23.7 Å². The molecule has 0 spiro atoms. The van der Waals surface area contributed by atoms with E-state index in [-0.39, 0.29) is 6.10 Å². The molecule has 0 radical (unpaired) electrons. The standard InChI is InChI=1S/C13H20O/c1-3-4-12(14)13-9(2)10-5-7-11(13)8-6-10/h3,5,7,9-14H,1,4,6,8H2,2H3/t9-,10+,11-,12?,13+/m0/s1. The third-order valence-corrected chi connectivity index (χ3v) is 4.07. The topological polar surface area (TPSA) is 20.2 Å². The summed E-state index contributed by atoms with van der Waals surface area (Å²) in [5, 5.41) is 10.1. The van der Waals surface area contributed by atoms with Gasteiger partial charge in [-0.2, -0.15) is 0 Å². The normalized spacial score (nSPS) is 42.4. The predicted octanol–water partition coefficient (Wildman–Crippen LogP) is 2.77. The number of aliphatic hydroxyl groups is 1. The van der Waals surface area contributed by atoms with Gasteiger partial charge in [-0.25, -0.2) is 0 Å². The molecule has 3 rings (SSSR count). The van der Waals surface area contributed by atoms with Crippen LogP contribution < -0.4 is 0 Å². The average Bonchev–Trinajstić information content (AvgIpc) is 2.19. The summed E-state index contributed by atoms with van der Waals surface area (Å²) in [4.78, 5) is 0. The van der Waals surface area contributed by atoms with Gasteiger partial charge in [0.2, 0.25) is 0 Å². The first-order valence-electron chi connectivity index (χ1n) is 5.71. The Balaban J connectivity index is 2.11. The third-order valence-electron chi connectivity index (χ3n) is 4.07. The lowest BCUT2D eigenvalue weighted by atomic mass is 9.61. The molecule has 0 aromatic heterocycles. The summed E-state index contributed by atoms with van der Waals surface area (Å²) in [5.41, 5.74) is 0. The van der Waals surface area contributed by atoms with Crippen molar-refractivity contribution >= 4 is 0 Å². The predicted molar refractivity (Wildman–Crippen MR) is 58.8 cm³/mol. The second-order valence-electron chi connectivity index (χ2n) is 4.82. The van der Waals surface area contributed by atoms with E-state index in [2.05, 4.69) is 25.7 Å². The Kier molecular flexibility index (Phi) is 2.78. The minimum Gasteiger partial charge on any atom is -0.392 e. The van der Waals surface area contributed by atoms with Crippen LogP contribution in [-0.4, -0.2) is 11.2 Å². The molecule has 0 heterocycles. The van der Waals surface area contributed by atoms with Crippen LogP contribution in [0.1, 0.15) is 26.2 Å². The van der Waals surface area contributed by atoms with Gasteiger partial charge < -0.3 is 5.11 Å². The molecule has 0 aromatic rings. The zero-order chi connectivity index (χ0) is 10.1. The minimum atomic E-state index is -0.180. The van der Waals surface area contributed by atoms with Gasteiger partial charge in [0.25, 0.3) is 0 Å². The highest BCUT2D eigenvalue weighted by atomic mass is 16.3. The van der Waals surface area contributed by atoms with Crippen molar-refractivity contribution in [3.63, 3.8) is 0 Å². The first-order valence-corrected chi connectivity index (χ1v) is 5.71. The second kappa shape index (κ2) is 3.90. The Morgan fingerprint density at radius 2 is 2.07 bits per heavy atom. The monoisotopic (exact) mass is 192 g/mol. The van der Waals surface area contributed by atoms with Crippen LogP contribution in [0.15, 0.2) is 24.8 Å². The maximum absolute atomic E-state index is 10.1. The second-order valence-corrected chi connectivity index (χ2v) is 4.82. The van der Waals surface area contributed by atoms with Gasteiger partial charge in [-0.1, -0.05) is 25.2 Å². The van der Waals surface area contributed by atoms with Crippen molar-refractivity contribution in [2.45, 2.75) is 32.3 Å². The molecule has 14 heavy (non-hydrogen) atoms. The Hall–Kier alpha value is -0.560. The van der Waals surface area contributed by atoms with Crippen molar-refractivity contribution in [1.82, 2.24) is 0 Å². The van der Waals surface area contributed by atoms with E-state index in [1.807, 2.05) is 6.08 Å². The van der Waals surface area contributed by atoms with E-state index in [0.717, 1.165) is 6.42 Å². The smallest absolute Gasteiger partial charge is 0.0611 e. The lowest BCUT2D eigenvalue weighted by Crippen LogP contribution is -2.41. The van der Waals surface area contributed by atoms with Gasteiger partial charge in [0.15, 0.2) is 0 Å². The van der Waals surface area contributed by atoms with Gasteiger partial charge in [0.1, 0.15) is 0 Å². The van der Waals surface area contributed by atoms with Crippen molar-refractivity contribution in [3.8, 4) is 0 Å². The van der Waals surface area contributed by atoms with E-state index in [9.17, 15) is 5.11 Å². The highest BCUT2D eigenvalue weighted by Crippen LogP contribution is 2.46. The fourth-order valence-electron chi connectivity index (χ4n) is 3.26. The van der Waals surface area contributed by atoms with Crippen molar-refractivity contribution in [2.75, 3.05) is 0 Å². The summed E-state index contributed by atoms with van der Waals surface area (Å²) in [5.74, 6) is 2.44. The largest absolute Gasteiger partial charge is 0.392 e. The zero-order valence-electron chi connectivity index (χ0n) is 8.89. The van der Waals surface area contributed by atoms with Gasteiger partial charge in [-0.3, -0.25) is 0 Å². The zero-order valence-corrected chi connectivity index (χ0v) is 8.89. The Morgan fingerprint density at radius 1 is 1.43 bits per heavy atom. The summed E-state index contributed by atoms with van der Waals surface area (Å²) in [6.07, 6.45) is 9.67. The van der Waals surface area contributed by atoms with E-state index in [0.29, 0.717) is 23.7 Å². The highest BCUT2D eigenvalue weighted by molar-refractivity contribution is 5.10. The first kappa shape index (κ1) is 9.97. The first-order chi connectivity index (χ1) is 6.74. The highest BCUT2D eigenvalue weighted by Gasteiger charge is 2.40. The molecule has 0 saturated heterocycles. The molecule has 1 nitrogen and oxygen atoms in total. The number of rotatable bonds is 3. The van der Waals surface area contributed by atoms with E-state index >= 15 is 0 Å². The summed E-state index contributed by atoms with van der Waals surface area (Å²) >= 11 is 0. The quantitative estimate of drug-likeness (QED) is 0.682. The molecular formula is C13H20O. The van der Waals surface area contributed by atoms with Crippen LogP contribution in [0.4, 0.5) is 0 Å². The molecule has 1 fully saturated rings. The number of allylic oxidation sites excluding steroid dienone is 2. The fraction of sp³-hybridized carbons (Fsp3) is 0.692. The SMILES string of the molecule is C=CCC(O)[C@@H]1[C@@H](C)[C@@H]2C=C[C@H]1CC2. The van der Waals surface area contributed by atoms with Gasteiger partial charge in [-0.15, -0.1) is 6.58 Å². The minimum absolute atomic E-state index is 0.180. The Morgan fingerprint density at radius 3 is 2.57 bits per heavy atom. The van der Waals surface area contributed by atoms with Crippen molar-refractivity contribution in [1.29, 1.82) is 0 Å². The fourth-order valence-corrected chi connectivity index (χ4v) is 3.26. The summed E-state index contributed by atoms with van der Waals surface area (Å²) in [6, 6.07) is 0. The van der Waals surface area contributed by atoms with E-state index in [1.54, 1.807) is 0 Å². The molecule has 1 N–H and O–H groups in total. The van der Waals surface area contributed by atoms with Gasteiger partial charge >= 0.3 is 0 Å². The molecule has 1 unspecified atom stereocenters. The van der Waals surface area contributed by atoms with Crippen LogP contribution in [0.25, 0.3) is 0 Å². The van der Waals surface area contributed by atoms with Crippen LogP contribution in [0.3, 0.4) is 0 Å². The number of fused-ring (bicyclic) bond motifs is 2. The van der Waals surface area contributed by atoms with Gasteiger partial charge in [0.05, 0.1) is 6.10 Å². The van der Waals surface area contributed by atoms with Crippen molar-refractivity contribution < 1.29 is 5.11 Å². The molecule has 1 saturated carbocycles. The summed E-state index contributed by atoms with van der Waals surface area (Å²) < 4.78 is 0. The molecule has 5 atom stereocenters. The lowest BCUT2D eigenvalue weighted by molar-refractivity contribution is 0.00777. The third kappa shape index (κ3) is 1.54. The van der Waals surface area contributed by atoms with Crippen LogP contribution in [0.2, 0.25) is 0 Å². The Labute approximate surface area is 86.5 Å². The van der Waals surface area contributed by atoms with Crippen molar-refractivity contribution in [3.05, 3.63) is 24.8 Å². The van der Waals surface area contributed by atoms with E-state index < -0.39 is 0 Å². The number of hydrogen-bond donors (Lipinski definition) is 1. The molecule has 0 amide bonds. The molecule has 3 aliphatic carbocycles. The molecule has 2 bridgehead atoms. The van der Waals surface area contributed by atoms with E-state index in [4.69, 9.17) is 0 Å². The van der Waals surface area contributed by atoms with Gasteiger partial charge in [0, 0.05) is 0 Å². The maximum Gasteiger partial charge on any atom is 0.0611 e. The van der Waals surface area contributed by atoms with Gasteiger partial charge in [-0.05, 0) is 42.9 Å². The van der Waals surface area contributed by atoms with Crippen LogP contribution in [0.5, 0.6) is 0 Å². The number of hydrogen-bond acceptors (Lipinski definition) is 1. The molecule has 0 aromatic carbocycles. The molecule has 0 aliphatic heterocycles.